The van der Waals surface area contributed by atoms with E-state index in [2.05, 4.69) is 19.2 Å². The van der Waals surface area contributed by atoms with E-state index in [4.69, 9.17) is 0 Å². The number of hydrogen-bond acceptors (Lipinski definition) is 2. The van der Waals surface area contributed by atoms with Gasteiger partial charge in [0.25, 0.3) is 0 Å². The first-order valence-corrected chi connectivity index (χ1v) is 6.66. The highest BCUT2D eigenvalue weighted by atomic mass is 16.2. The van der Waals surface area contributed by atoms with Crippen LogP contribution in [0.4, 0.5) is 0 Å². The van der Waals surface area contributed by atoms with E-state index in [-0.39, 0.29) is 17.9 Å². The minimum Gasteiger partial charge on any atom is -0.344 e. The zero-order valence-electron chi connectivity index (χ0n) is 11.2. The third kappa shape index (κ3) is 4.02. The standard InChI is InChI=1S/C13H24N2O2/c1-4-6-11-13(17)15(9-10(3)5-2)8-7-12(16)14-11/h10-11H,4-9H2,1-3H3,(H,14,16). The molecule has 1 aliphatic heterocycles. The van der Waals surface area contributed by atoms with Gasteiger partial charge in [0.15, 0.2) is 0 Å². The van der Waals surface area contributed by atoms with Crippen molar-refractivity contribution < 1.29 is 9.59 Å². The molecule has 2 unspecified atom stereocenters. The predicted octanol–water partition coefficient (Wildman–Crippen LogP) is 1.55. The quantitative estimate of drug-likeness (QED) is 0.792. The van der Waals surface area contributed by atoms with Gasteiger partial charge in [-0.05, 0) is 12.3 Å². The Kier molecular flexibility index (Phi) is 5.45. The zero-order chi connectivity index (χ0) is 12.8. The van der Waals surface area contributed by atoms with Crippen LogP contribution in [0.2, 0.25) is 0 Å². The van der Waals surface area contributed by atoms with Crippen LogP contribution in [-0.4, -0.2) is 35.8 Å². The molecule has 1 rings (SSSR count). The Morgan fingerprint density at radius 3 is 2.71 bits per heavy atom. The number of nitrogens with one attached hydrogen (secondary N) is 1. The van der Waals surface area contributed by atoms with Gasteiger partial charge in [0.2, 0.25) is 11.8 Å². The minimum atomic E-state index is -0.306. The van der Waals surface area contributed by atoms with Crippen molar-refractivity contribution in [2.75, 3.05) is 13.1 Å². The molecular formula is C13H24N2O2. The zero-order valence-corrected chi connectivity index (χ0v) is 11.2. The summed E-state index contributed by atoms with van der Waals surface area (Å²) in [5.74, 6) is 0.593. The average molecular weight is 240 g/mol. The van der Waals surface area contributed by atoms with Gasteiger partial charge in [0.1, 0.15) is 6.04 Å². The lowest BCUT2D eigenvalue weighted by Crippen LogP contribution is -2.45. The fourth-order valence-corrected chi connectivity index (χ4v) is 2.07. The van der Waals surface area contributed by atoms with E-state index < -0.39 is 0 Å². The van der Waals surface area contributed by atoms with Gasteiger partial charge in [0.05, 0.1) is 0 Å². The summed E-state index contributed by atoms with van der Waals surface area (Å²) in [5, 5.41) is 2.82. The second-order valence-corrected chi connectivity index (χ2v) is 4.96. The van der Waals surface area contributed by atoms with Gasteiger partial charge in [0, 0.05) is 19.5 Å². The SMILES string of the molecule is CCCC1NC(=O)CCN(CC(C)CC)C1=O. The molecule has 0 aliphatic carbocycles. The Hall–Kier alpha value is -1.06. The normalized spacial score (nSPS) is 23.2. The van der Waals surface area contributed by atoms with Crippen molar-refractivity contribution in [3.05, 3.63) is 0 Å². The third-order valence-electron chi connectivity index (χ3n) is 3.36. The first kappa shape index (κ1) is 14.0. The molecule has 1 N–H and O–H groups in total. The smallest absolute Gasteiger partial charge is 0.245 e. The summed E-state index contributed by atoms with van der Waals surface area (Å²) >= 11 is 0. The average Bonchev–Trinajstić information content (AvgIpc) is 2.43. The first-order valence-electron chi connectivity index (χ1n) is 6.66. The molecule has 17 heavy (non-hydrogen) atoms. The number of hydrogen-bond donors (Lipinski definition) is 1. The summed E-state index contributed by atoms with van der Waals surface area (Å²) in [6.45, 7) is 7.63. The van der Waals surface area contributed by atoms with Crippen LogP contribution in [0, 0.1) is 5.92 Å². The van der Waals surface area contributed by atoms with Crippen LogP contribution < -0.4 is 5.32 Å². The van der Waals surface area contributed by atoms with Gasteiger partial charge < -0.3 is 10.2 Å². The molecule has 2 atom stereocenters. The molecule has 0 aromatic rings. The molecule has 98 valence electrons. The number of carbonyl (C=O) groups excluding carboxylic acids is 2. The summed E-state index contributed by atoms with van der Waals surface area (Å²) in [5.41, 5.74) is 0. The van der Waals surface area contributed by atoms with Crippen molar-refractivity contribution in [1.29, 1.82) is 0 Å². The van der Waals surface area contributed by atoms with E-state index in [0.717, 1.165) is 25.8 Å². The van der Waals surface area contributed by atoms with Crippen molar-refractivity contribution in [3.63, 3.8) is 0 Å². The van der Waals surface area contributed by atoms with Gasteiger partial charge in [-0.15, -0.1) is 0 Å². The molecule has 1 heterocycles. The highest BCUT2D eigenvalue weighted by Crippen LogP contribution is 2.12. The van der Waals surface area contributed by atoms with Gasteiger partial charge in [-0.1, -0.05) is 33.6 Å². The van der Waals surface area contributed by atoms with E-state index in [1.807, 2.05) is 11.8 Å². The van der Waals surface area contributed by atoms with Crippen LogP contribution in [-0.2, 0) is 9.59 Å². The number of rotatable bonds is 5. The maximum Gasteiger partial charge on any atom is 0.245 e. The molecule has 1 saturated heterocycles. The number of carbonyl (C=O) groups is 2. The molecule has 0 bridgehead atoms. The van der Waals surface area contributed by atoms with Crippen LogP contribution >= 0.6 is 0 Å². The molecule has 0 saturated carbocycles. The Morgan fingerprint density at radius 2 is 2.12 bits per heavy atom. The lowest BCUT2D eigenvalue weighted by atomic mass is 10.1. The summed E-state index contributed by atoms with van der Waals surface area (Å²) in [6, 6.07) is -0.306. The maximum absolute atomic E-state index is 12.2. The molecule has 4 heteroatoms. The topological polar surface area (TPSA) is 49.4 Å². The van der Waals surface area contributed by atoms with Crippen molar-refractivity contribution in [3.8, 4) is 0 Å². The molecule has 1 aliphatic rings. The largest absolute Gasteiger partial charge is 0.344 e. The second-order valence-electron chi connectivity index (χ2n) is 4.96. The summed E-state index contributed by atoms with van der Waals surface area (Å²) in [4.78, 5) is 25.6. The Bertz CT molecular complexity index is 279. The van der Waals surface area contributed by atoms with E-state index in [9.17, 15) is 9.59 Å². The Labute approximate surface area is 104 Å². The fourth-order valence-electron chi connectivity index (χ4n) is 2.07. The van der Waals surface area contributed by atoms with Crippen LogP contribution in [0.3, 0.4) is 0 Å². The molecule has 0 radical (unpaired) electrons. The van der Waals surface area contributed by atoms with E-state index in [1.54, 1.807) is 0 Å². The van der Waals surface area contributed by atoms with Gasteiger partial charge in [-0.3, -0.25) is 9.59 Å². The third-order valence-corrected chi connectivity index (χ3v) is 3.36. The molecule has 4 nitrogen and oxygen atoms in total. The van der Waals surface area contributed by atoms with Crippen LogP contribution in [0.1, 0.15) is 46.5 Å². The molecule has 1 fully saturated rings. The van der Waals surface area contributed by atoms with Crippen molar-refractivity contribution in [1.82, 2.24) is 10.2 Å². The highest BCUT2D eigenvalue weighted by molar-refractivity contribution is 5.89. The highest BCUT2D eigenvalue weighted by Gasteiger charge is 2.29. The van der Waals surface area contributed by atoms with Crippen LogP contribution in [0.15, 0.2) is 0 Å². The lowest BCUT2D eigenvalue weighted by molar-refractivity contribution is -0.134. The fraction of sp³-hybridized carbons (Fsp3) is 0.846. The summed E-state index contributed by atoms with van der Waals surface area (Å²) in [7, 11) is 0. The Morgan fingerprint density at radius 1 is 1.41 bits per heavy atom. The minimum absolute atomic E-state index is 0.00320. The monoisotopic (exact) mass is 240 g/mol. The number of nitrogens with zero attached hydrogens (tertiary/aromatic N) is 1. The molecule has 2 amide bonds. The molecular weight excluding hydrogens is 216 g/mol. The van der Waals surface area contributed by atoms with Crippen LogP contribution in [0.25, 0.3) is 0 Å². The lowest BCUT2D eigenvalue weighted by Gasteiger charge is -2.26. The number of amides is 2. The molecule has 0 aromatic heterocycles. The van der Waals surface area contributed by atoms with E-state index in [0.29, 0.717) is 18.9 Å². The van der Waals surface area contributed by atoms with Gasteiger partial charge in [-0.25, -0.2) is 0 Å². The predicted molar refractivity (Wildman–Crippen MR) is 67.5 cm³/mol. The van der Waals surface area contributed by atoms with Gasteiger partial charge >= 0.3 is 0 Å². The Balaban J connectivity index is 2.69. The molecule has 0 spiro atoms. The maximum atomic E-state index is 12.2. The second kappa shape index (κ2) is 6.62. The molecule has 0 aromatic carbocycles. The van der Waals surface area contributed by atoms with Crippen LogP contribution in [0.5, 0.6) is 0 Å². The van der Waals surface area contributed by atoms with Crippen molar-refractivity contribution in [2.24, 2.45) is 5.92 Å². The van der Waals surface area contributed by atoms with E-state index in [1.165, 1.54) is 0 Å². The summed E-state index contributed by atoms with van der Waals surface area (Å²) in [6.07, 6.45) is 3.14. The van der Waals surface area contributed by atoms with Crippen molar-refractivity contribution in [2.45, 2.75) is 52.5 Å². The van der Waals surface area contributed by atoms with Gasteiger partial charge in [-0.2, -0.15) is 0 Å². The summed E-state index contributed by atoms with van der Waals surface area (Å²) < 4.78 is 0. The first-order chi connectivity index (χ1) is 8.08. The van der Waals surface area contributed by atoms with Crippen molar-refractivity contribution >= 4 is 11.8 Å². The van der Waals surface area contributed by atoms with E-state index >= 15 is 0 Å².